The number of para-hydroxylation sites is 2. The van der Waals surface area contributed by atoms with Gasteiger partial charge in [-0.1, -0.05) is 0 Å². The second-order valence-electron chi connectivity index (χ2n) is 6.25. The van der Waals surface area contributed by atoms with Crippen molar-refractivity contribution in [1.82, 2.24) is 0 Å². The Kier molecular flexibility index (Phi) is 4.29. The molecule has 0 fully saturated rings. The second kappa shape index (κ2) is 6.64. The van der Waals surface area contributed by atoms with Crippen LogP contribution in [-0.4, -0.2) is 0 Å². The molecule has 1 heterocycles. The zero-order valence-electron chi connectivity index (χ0n) is 15.2. The van der Waals surface area contributed by atoms with Crippen LogP contribution in [0.4, 0.5) is 0 Å². The molecule has 0 atom stereocenters. The van der Waals surface area contributed by atoms with Crippen LogP contribution in [0.3, 0.4) is 0 Å². The maximum atomic E-state index is 6.50. The van der Waals surface area contributed by atoms with E-state index in [2.05, 4.69) is 0 Å². The molecule has 0 spiro atoms. The summed E-state index contributed by atoms with van der Waals surface area (Å²) in [5, 5.41) is 0.715. The Morgan fingerprint density at radius 2 is 0.926 bits per heavy atom. The zero-order chi connectivity index (χ0) is 18.8. The molecule has 1 aliphatic rings. The van der Waals surface area contributed by atoms with Gasteiger partial charge in [0.05, 0.1) is 0 Å². The molecule has 0 saturated carbocycles. The van der Waals surface area contributed by atoms with E-state index in [4.69, 9.17) is 18.1 Å². The number of allylic oxidation sites excluding steroid dienone is 2. The van der Waals surface area contributed by atoms with Gasteiger partial charge in [-0.05, 0) is 0 Å². The number of benzene rings is 3. The molecule has 0 amide bonds. The first kappa shape index (κ1) is 17.4. The standard InChI is InChI=1S/C22H21O4P/c1-18-19(2)24-27(23-18,22-16-10-5-11-17-22,25-20-12-6-3-7-13-20)26-21-14-8-4-9-15-21/h3-17H,1-2H3. The van der Waals surface area contributed by atoms with Crippen LogP contribution >= 0.6 is 7.51 Å². The summed E-state index contributed by atoms with van der Waals surface area (Å²) in [6, 6.07) is 28.5. The molecule has 5 heteroatoms. The first-order valence-electron chi connectivity index (χ1n) is 8.75. The van der Waals surface area contributed by atoms with Crippen LogP contribution in [-0.2, 0) is 9.05 Å². The average Bonchev–Trinajstić information content (AvgIpc) is 2.95. The Balaban J connectivity index is 1.92. The summed E-state index contributed by atoms with van der Waals surface area (Å²) in [7, 11) is -4.25. The molecule has 0 aliphatic carbocycles. The van der Waals surface area contributed by atoms with E-state index < -0.39 is 7.51 Å². The number of hydrogen-bond acceptors (Lipinski definition) is 4. The molecule has 3 aromatic carbocycles. The number of rotatable bonds is 5. The molecule has 138 valence electrons. The van der Waals surface area contributed by atoms with E-state index in [-0.39, 0.29) is 0 Å². The molecule has 0 radical (unpaired) electrons. The Hall–Kier alpha value is -2.97. The van der Waals surface area contributed by atoms with Gasteiger partial charge >= 0.3 is 159 Å². The first-order chi connectivity index (χ1) is 13.1. The average molecular weight is 380 g/mol. The molecule has 0 bridgehead atoms. The molecule has 4 rings (SSSR count). The van der Waals surface area contributed by atoms with E-state index in [1.807, 2.05) is 105 Å². The fourth-order valence-electron chi connectivity index (χ4n) is 2.92. The van der Waals surface area contributed by atoms with E-state index in [1.54, 1.807) is 0 Å². The Morgan fingerprint density at radius 3 is 1.33 bits per heavy atom. The summed E-state index contributed by atoms with van der Waals surface area (Å²) in [4.78, 5) is 0. The molecule has 0 N–H and O–H groups in total. The van der Waals surface area contributed by atoms with E-state index in [9.17, 15) is 0 Å². The van der Waals surface area contributed by atoms with Gasteiger partial charge in [0.2, 0.25) is 0 Å². The Bertz CT molecular complexity index is 896. The van der Waals surface area contributed by atoms with Crippen molar-refractivity contribution in [1.29, 1.82) is 0 Å². The van der Waals surface area contributed by atoms with Crippen LogP contribution in [0.15, 0.2) is 103 Å². The SMILES string of the molecule is CC1=C(C)OP(Oc2ccccc2)(Oc2ccccc2)(c2ccccc2)O1. The van der Waals surface area contributed by atoms with Gasteiger partial charge in [-0.3, -0.25) is 0 Å². The molecule has 1 aliphatic heterocycles. The summed E-state index contributed by atoms with van der Waals surface area (Å²) in [6.45, 7) is 3.71. The minimum absolute atomic E-state index is 0.609. The minimum atomic E-state index is -4.25. The van der Waals surface area contributed by atoms with Gasteiger partial charge in [-0.15, -0.1) is 0 Å². The van der Waals surface area contributed by atoms with Crippen LogP contribution in [0, 0.1) is 0 Å². The fraction of sp³-hybridized carbons (Fsp3) is 0.0909. The third kappa shape index (κ3) is 3.13. The summed E-state index contributed by atoms with van der Waals surface area (Å²) >= 11 is 0. The van der Waals surface area contributed by atoms with Gasteiger partial charge in [-0.25, -0.2) is 0 Å². The summed E-state index contributed by atoms with van der Waals surface area (Å²) in [6.07, 6.45) is 0. The third-order valence-electron chi connectivity index (χ3n) is 4.27. The molecular weight excluding hydrogens is 359 g/mol. The quantitative estimate of drug-likeness (QED) is 0.510. The monoisotopic (exact) mass is 380 g/mol. The molecule has 0 saturated heterocycles. The van der Waals surface area contributed by atoms with E-state index in [1.165, 1.54) is 0 Å². The van der Waals surface area contributed by atoms with Crippen LogP contribution in [0.2, 0.25) is 0 Å². The third-order valence-corrected chi connectivity index (χ3v) is 7.64. The summed E-state index contributed by atoms with van der Waals surface area (Å²) < 4.78 is 25.8. The van der Waals surface area contributed by atoms with Gasteiger partial charge < -0.3 is 0 Å². The van der Waals surface area contributed by atoms with Crippen molar-refractivity contribution >= 4 is 12.8 Å². The van der Waals surface area contributed by atoms with Crippen molar-refractivity contribution < 1.29 is 18.1 Å². The predicted molar refractivity (Wildman–Crippen MR) is 108 cm³/mol. The molecule has 27 heavy (non-hydrogen) atoms. The fourth-order valence-corrected chi connectivity index (χ4v) is 6.40. The van der Waals surface area contributed by atoms with Crippen LogP contribution < -0.4 is 14.4 Å². The first-order valence-corrected chi connectivity index (χ1v) is 10.7. The van der Waals surface area contributed by atoms with Gasteiger partial charge in [-0.2, -0.15) is 0 Å². The van der Waals surface area contributed by atoms with Crippen LogP contribution in [0.1, 0.15) is 13.8 Å². The van der Waals surface area contributed by atoms with E-state index in [0.29, 0.717) is 28.3 Å². The second-order valence-corrected chi connectivity index (χ2v) is 9.12. The van der Waals surface area contributed by atoms with Crippen LogP contribution in [0.25, 0.3) is 0 Å². The van der Waals surface area contributed by atoms with Gasteiger partial charge in [0.15, 0.2) is 0 Å². The molecule has 0 unspecified atom stereocenters. The van der Waals surface area contributed by atoms with Crippen molar-refractivity contribution in [3.05, 3.63) is 103 Å². The zero-order valence-corrected chi connectivity index (χ0v) is 16.1. The number of hydrogen-bond donors (Lipinski definition) is 0. The maximum absolute atomic E-state index is 6.50. The molecule has 4 nitrogen and oxygen atoms in total. The summed E-state index contributed by atoms with van der Waals surface area (Å²) in [5.74, 6) is 2.50. The van der Waals surface area contributed by atoms with E-state index >= 15 is 0 Å². The predicted octanol–water partition coefficient (Wildman–Crippen LogP) is 5.98. The van der Waals surface area contributed by atoms with Crippen molar-refractivity contribution in [3.8, 4) is 11.5 Å². The Morgan fingerprint density at radius 1 is 0.556 bits per heavy atom. The van der Waals surface area contributed by atoms with Crippen molar-refractivity contribution in [2.45, 2.75) is 13.8 Å². The van der Waals surface area contributed by atoms with Gasteiger partial charge in [0.1, 0.15) is 0 Å². The van der Waals surface area contributed by atoms with Crippen molar-refractivity contribution in [2.75, 3.05) is 0 Å². The molecule has 3 aromatic rings. The normalized spacial score (nSPS) is 18.5. The van der Waals surface area contributed by atoms with E-state index in [0.717, 1.165) is 0 Å². The van der Waals surface area contributed by atoms with Crippen molar-refractivity contribution in [2.24, 2.45) is 0 Å². The molecular formula is C22H21O4P. The topological polar surface area (TPSA) is 36.9 Å². The Labute approximate surface area is 159 Å². The van der Waals surface area contributed by atoms with Crippen LogP contribution in [0.5, 0.6) is 11.5 Å². The van der Waals surface area contributed by atoms with Gasteiger partial charge in [0, 0.05) is 0 Å². The van der Waals surface area contributed by atoms with Gasteiger partial charge in [0.25, 0.3) is 0 Å². The molecule has 0 aromatic heterocycles. The van der Waals surface area contributed by atoms with Crippen molar-refractivity contribution in [3.63, 3.8) is 0 Å². The summed E-state index contributed by atoms with van der Waals surface area (Å²) in [5.41, 5.74) is 0.